The molecule has 0 saturated heterocycles. The second-order valence-electron chi connectivity index (χ2n) is 4.50. The van der Waals surface area contributed by atoms with E-state index in [1.54, 1.807) is 33.0 Å². The predicted molar refractivity (Wildman–Crippen MR) is 74.1 cm³/mol. The van der Waals surface area contributed by atoms with Crippen LogP contribution in [-0.4, -0.2) is 42.3 Å². The zero-order valence-electron chi connectivity index (χ0n) is 12.0. The van der Waals surface area contributed by atoms with E-state index in [0.717, 1.165) is 0 Å². The molecule has 0 aliphatic carbocycles. The Morgan fingerprint density at radius 2 is 2.25 bits per heavy atom. The summed E-state index contributed by atoms with van der Waals surface area (Å²) >= 11 is 0. The molecular weight excluding hydrogens is 263 g/mol. The molecule has 0 aromatic heterocycles. The van der Waals surface area contributed by atoms with E-state index in [2.05, 4.69) is 5.32 Å². The quantitative estimate of drug-likeness (QED) is 0.836. The molecule has 1 aromatic rings. The summed E-state index contributed by atoms with van der Waals surface area (Å²) in [5.74, 6) is -0.246. The summed E-state index contributed by atoms with van der Waals surface area (Å²) in [7, 11) is 1.59. The number of aliphatic hydroxyl groups is 1. The Hall–Kier alpha value is -1.82. The van der Waals surface area contributed by atoms with Crippen LogP contribution >= 0.6 is 0 Å². The van der Waals surface area contributed by atoms with Gasteiger partial charge >= 0.3 is 6.03 Å². The lowest BCUT2D eigenvalue weighted by atomic mass is 10.2. The minimum absolute atomic E-state index is 0.110. The zero-order valence-corrected chi connectivity index (χ0v) is 12.0. The van der Waals surface area contributed by atoms with Crippen LogP contribution in [0.5, 0.6) is 5.75 Å². The van der Waals surface area contributed by atoms with Gasteiger partial charge in [0.25, 0.3) is 0 Å². The number of halogens is 1. The first-order valence-electron chi connectivity index (χ1n) is 6.52. The number of likely N-dealkylation sites (N-methyl/N-ethyl adjacent to an activating group) is 1. The normalized spacial score (nSPS) is 11.8. The van der Waals surface area contributed by atoms with Crippen molar-refractivity contribution >= 4 is 6.03 Å². The third-order valence-corrected chi connectivity index (χ3v) is 2.99. The predicted octanol–water partition coefficient (Wildman–Crippen LogP) is 1.75. The van der Waals surface area contributed by atoms with E-state index >= 15 is 0 Å². The third-order valence-electron chi connectivity index (χ3n) is 2.99. The summed E-state index contributed by atoms with van der Waals surface area (Å²) in [6.45, 7) is 4.02. The van der Waals surface area contributed by atoms with E-state index in [1.807, 2.05) is 0 Å². The fraction of sp³-hybridized carbons (Fsp3) is 0.500. The average molecular weight is 284 g/mol. The van der Waals surface area contributed by atoms with Crippen molar-refractivity contribution in [3.63, 3.8) is 0 Å². The van der Waals surface area contributed by atoms with Gasteiger partial charge in [0, 0.05) is 13.6 Å². The van der Waals surface area contributed by atoms with Gasteiger partial charge in [-0.1, -0.05) is 6.07 Å². The zero-order chi connectivity index (χ0) is 15.1. The lowest BCUT2D eigenvalue weighted by Gasteiger charge is -2.23. The van der Waals surface area contributed by atoms with Crippen molar-refractivity contribution in [3.8, 4) is 5.75 Å². The minimum Gasteiger partial charge on any atom is -0.491 e. The Labute approximate surface area is 118 Å². The molecule has 6 heteroatoms. The van der Waals surface area contributed by atoms with Gasteiger partial charge in [0.15, 0.2) is 11.6 Å². The molecule has 0 aliphatic rings. The second-order valence-corrected chi connectivity index (χ2v) is 4.50. The summed E-state index contributed by atoms with van der Waals surface area (Å²) < 4.78 is 18.7. The van der Waals surface area contributed by atoms with Crippen molar-refractivity contribution in [2.45, 2.75) is 26.4 Å². The van der Waals surface area contributed by atoms with Crippen molar-refractivity contribution < 1.29 is 19.0 Å². The van der Waals surface area contributed by atoms with Gasteiger partial charge in [0.05, 0.1) is 19.3 Å². The number of nitrogens with one attached hydrogen (secondary N) is 1. The lowest BCUT2D eigenvalue weighted by Crippen LogP contribution is -2.43. The number of benzene rings is 1. The molecule has 1 atom stereocenters. The molecule has 0 aliphatic heterocycles. The summed E-state index contributed by atoms with van der Waals surface area (Å²) in [6.07, 6.45) is 0. The maximum atomic E-state index is 13.6. The highest BCUT2D eigenvalue weighted by atomic mass is 19.1. The van der Waals surface area contributed by atoms with Gasteiger partial charge < -0.3 is 20.1 Å². The van der Waals surface area contributed by atoms with E-state index in [9.17, 15) is 9.18 Å². The molecule has 0 fully saturated rings. The Balaban J connectivity index is 2.57. The number of carbonyl (C=O) groups excluding carboxylic acids is 1. The average Bonchev–Trinajstić information content (AvgIpc) is 2.45. The monoisotopic (exact) mass is 284 g/mol. The fourth-order valence-corrected chi connectivity index (χ4v) is 1.55. The largest absolute Gasteiger partial charge is 0.491 e. The third kappa shape index (κ3) is 4.38. The molecule has 0 saturated carbocycles. The number of carbonyl (C=O) groups is 1. The first kappa shape index (κ1) is 16.2. The molecular formula is C14H21FN2O3. The number of nitrogens with zero attached hydrogens (tertiary/aromatic N) is 1. The first-order valence-corrected chi connectivity index (χ1v) is 6.52. The van der Waals surface area contributed by atoms with Gasteiger partial charge in [-0.2, -0.15) is 0 Å². The summed E-state index contributed by atoms with van der Waals surface area (Å²) in [5.41, 5.74) is 0.643. The van der Waals surface area contributed by atoms with Crippen molar-refractivity contribution in [1.29, 1.82) is 0 Å². The van der Waals surface area contributed by atoms with Gasteiger partial charge in [-0.15, -0.1) is 0 Å². The molecule has 5 nitrogen and oxygen atoms in total. The van der Waals surface area contributed by atoms with E-state index in [1.165, 1.54) is 11.0 Å². The highest BCUT2D eigenvalue weighted by molar-refractivity contribution is 5.74. The standard InChI is InChI=1S/C14H21FN2O3/c1-4-20-13-6-5-11(7-12(13)15)8-16-14(19)17(3)10(2)9-18/h5-7,10,18H,4,8-9H2,1-3H3,(H,16,19). The maximum Gasteiger partial charge on any atom is 0.317 e. The van der Waals surface area contributed by atoms with Gasteiger partial charge in [-0.05, 0) is 31.5 Å². The molecule has 1 unspecified atom stereocenters. The molecule has 0 heterocycles. The molecule has 1 aromatic carbocycles. The molecule has 20 heavy (non-hydrogen) atoms. The van der Waals surface area contributed by atoms with Crippen molar-refractivity contribution in [2.75, 3.05) is 20.3 Å². The second kappa shape index (κ2) is 7.69. The van der Waals surface area contributed by atoms with Crippen LogP contribution in [0.15, 0.2) is 18.2 Å². The van der Waals surface area contributed by atoms with E-state index in [-0.39, 0.29) is 31.0 Å². The van der Waals surface area contributed by atoms with E-state index in [0.29, 0.717) is 12.2 Å². The lowest BCUT2D eigenvalue weighted by molar-refractivity contribution is 0.157. The van der Waals surface area contributed by atoms with Crippen LogP contribution in [0.4, 0.5) is 9.18 Å². The van der Waals surface area contributed by atoms with Crippen LogP contribution < -0.4 is 10.1 Å². The van der Waals surface area contributed by atoms with Crippen LogP contribution in [0.2, 0.25) is 0 Å². The first-order chi connectivity index (χ1) is 9.49. The summed E-state index contributed by atoms with van der Waals surface area (Å²) in [5, 5.41) is 11.6. The number of amides is 2. The number of ether oxygens (including phenoxy) is 1. The Morgan fingerprint density at radius 1 is 1.55 bits per heavy atom. The van der Waals surface area contributed by atoms with Crippen LogP contribution in [0.1, 0.15) is 19.4 Å². The minimum atomic E-state index is -0.448. The molecule has 0 bridgehead atoms. The Bertz CT molecular complexity index is 454. The van der Waals surface area contributed by atoms with Gasteiger partial charge in [-0.3, -0.25) is 0 Å². The number of urea groups is 1. The molecule has 112 valence electrons. The van der Waals surface area contributed by atoms with Gasteiger partial charge in [0.2, 0.25) is 0 Å². The molecule has 2 amide bonds. The van der Waals surface area contributed by atoms with Crippen LogP contribution in [0, 0.1) is 5.82 Å². The topological polar surface area (TPSA) is 61.8 Å². The molecule has 2 N–H and O–H groups in total. The fourth-order valence-electron chi connectivity index (χ4n) is 1.55. The number of hydrogen-bond donors (Lipinski definition) is 2. The highest BCUT2D eigenvalue weighted by Gasteiger charge is 2.14. The molecule has 0 spiro atoms. The van der Waals surface area contributed by atoms with Crippen LogP contribution in [0.25, 0.3) is 0 Å². The van der Waals surface area contributed by atoms with Gasteiger partial charge in [0.1, 0.15) is 0 Å². The van der Waals surface area contributed by atoms with E-state index in [4.69, 9.17) is 9.84 Å². The van der Waals surface area contributed by atoms with Crippen LogP contribution in [-0.2, 0) is 6.54 Å². The summed E-state index contributed by atoms with van der Waals surface area (Å²) in [4.78, 5) is 13.2. The number of aliphatic hydroxyl groups excluding tert-OH is 1. The maximum absolute atomic E-state index is 13.6. The van der Waals surface area contributed by atoms with Crippen LogP contribution in [0.3, 0.4) is 0 Å². The SMILES string of the molecule is CCOc1ccc(CNC(=O)N(C)C(C)CO)cc1F. The number of rotatable bonds is 6. The number of hydrogen-bond acceptors (Lipinski definition) is 3. The molecule has 0 radical (unpaired) electrons. The summed E-state index contributed by atoms with van der Waals surface area (Å²) in [6, 6.07) is 3.98. The smallest absolute Gasteiger partial charge is 0.317 e. The Morgan fingerprint density at radius 3 is 2.80 bits per heavy atom. The van der Waals surface area contributed by atoms with E-state index < -0.39 is 5.82 Å². The van der Waals surface area contributed by atoms with Gasteiger partial charge in [-0.25, -0.2) is 9.18 Å². The van der Waals surface area contributed by atoms with Crippen molar-refractivity contribution in [3.05, 3.63) is 29.6 Å². The van der Waals surface area contributed by atoms with Crippen molar-refractivity contribution in [2.24, 2.45) is 0 Å². The highest BCUT2D eigenvalue weighted by Crippen LogP contribution is 2.18. The van der Waals surface area contributed by atoms with Crippen molar-refractivity contribution in [1.82, 2.24) is 10.2 Å². The molecule has 1 rings (SSSR count). The Kier molecular flexibility index (Phi) is 6.24.